The summed E-state index contributed by atoms with van der Waals surface area (Å²) in [4.78, 5) is 19.5. The Hall–Kier alpha value is -2.63. The molecule has 1 heterocycles. The molecule has 0 fully saturated rings. The van der Waals surface area contributed by atoms with Crippen LogP contribution in [0.15, 0.2) is 24.3 Å². The zero-order chi connectivity index (χ0) is 18.1. The fraction of sp³-hybridized carbons (Fsp3) is 0.389. The molecule has 2 rings (SSSR count). The first-order chi connectivity index (χ1) is 11.1. The summed E-state index contributed by atoms with van der Waals surface area (Å²) in [6.07, 6.45) is -0.569. The third-order valence-corrected chi connectivity index (χ3v) is 3.77. The predicted octanol–water partition coefficient (Wildman–Crippen LogP) is 3.50. The zero-order valence-electron chi connectivity index (χ0n) is 14.6. The van der Waals surface area contributed by atoms with Crippen LogP contribution in [0.3, 0.4) is 0 Å². The van der Waals surface area contributed by atoms with Gasteiger partial charge in [0.15, 0.2) is 0 Å². The van der Waals surface area contributed by atoms with Crippen LogP contribution in [0.4, 0.5) is 5.95 Å². The smallest absolute Gasteiger partial charge is 0.339 e. The lowest BCUT2D eigenvalue weighted by molar-refractivity contribution is 0.0689. The molecule has 1 aromatic heterocycles. The van der Waals surface area contributed by atoms with Crippen LogP contribution in [-0.4, -0.2) is 21.0 Å². The highest BCUT2D eigenvalue weighted by Crippen LogP contribution is 2.28. The summed E-state index contributed by atoms with van der Waals surface area (Å²) in [7, 11) is 0. The van der Waals surface area contributed by atoms with Crippen molar-refractivity contribution >= 4 is 11.9 Å². The third kappa shape index (κ3) is 3.82. The minimum atomic E-state index is -1.10. The first-order valence-corrected chi connectivity index (χ1v) is 7.74. The number of aromatic carboxylic acids is 1. The summed E-state index contributed by atoms with van der Waals surface area (Å²) in [5.41, 5.74) is 7.53. The number of hydrogen-bond acceptors (Lipinski definition) is 5. The van der Waals surface area contributed by atoms with E-state index in [1.54, 1.807) is 13.8 Å². The van der Waals surface area contributed by atoms with Gasteiger partial charge >= 0.3 is 5.97 Å². The molecular formula is C18H23N3O3. The molecule has 1 atom stereocenters. The van der Waals surface area contributed by atoms with E-state index in [4.69, 9.17) is 10.5 Å². The molecule has 0 aliphatic rings. The van der Waals surface area contributed by atoms with E-state index in [2.05, 4.69) is 30.7 Å². The summed E-state index contributed by atoms with van der Waals surface area (Å²) < 4.78 is 5.86. The molecule has 0 aliphatic heterocycles. The number of carboxylic acids is 1. The van der Waals surface area contributed by atoms with E-state index < -0.39 is 12.1 Å². The zero-order valence-corrected chi connectivity index (χ0v) is 14.6. The number of carbonyl (C=O) groups is 1. The Morgan fingerprint density at radius 1 is 1.21 bits per heavy atom. The number of benzene rings is 1. The highest BCUT2D eigenvalue weighted by molar-refractivity contribution is 5.90. The second kappa shape index (κ2) is 6.47. The second-order valence-corrected chi connectivity index (χ2v) is 6.77. The minimum Gasteiger partial charge on any atom is -0.484 e. The van der Waals surface area contributed by atoms with Gasteiger partial charge in [-0.25, -0.2) is 14.8 Å². The van der Waals surface area contributed by atoms with Crippen molar-refractivity contribution < 1.29 is 14.6 Å². The van der Waals surface area contributed by atoms with Crippen LogP contribution in [-0.2, 0) is 5.41 Å². The average Bonchev–Trinajstić information content (AvgIpc) is 2.45. The number of carboxylic acid groups (broad SMARTS) is 1. The first-order valence-electron chi connectivity index (χ1n) is 7.74. The van der Waals surface area contributed by atoms with E-state index in [1.165, 1.54) is 5.56 Å². The summed E-state index contributed by atoms with van der Waals surface area (Å²) in [5, 5.41) is 9.40. The van der Waals surface area contributed by atoms with Crippen molar-refractivity contribution in [3.63, 3.8) is 0 Å². The lowest BCUT2D eigenvalue weighted by Gasteiger charge is -2.21. The van der Waals surface area contributed by atoms with Crippen molar-refractivity contribution in [1.82, 2.24) is 9.97 Å². The number of anilines is 1. The maximum atomic E-state index is 11.5. The van der Waals surface area contributed by atoms with Crippen LogP contribution >= 0.6 is 0 Å². The molecule has 128 valence electrons. The van der Waals surface area contributed by atoms with E-state index in [-0.39, 0.29) is 22.6 Å². The number of nitrogen functional groups attached to an aromatic ring is 1. The van der Waals surface area contributed by atoms with Crippen LogP contribution in [0.25, 0.3) is 0 Å². The Morgan fingerprint density at radius 2 is 1.79 bits per heavy atom. The first kappa shape index (κ1) is 17.7. The van der Waals surface area contributed by atoms with Crippen molar-refractivity contribution in [1.29, 1.82) is 0 Å². The highest BCUT2D eigenvalue weighted by Gasteiger charge is 2.23. The summed E-state index contributed by atoms with van der Waals surface area (Å²) >= 11 is 0. The van der Waals surface area contributed by atoms with Gasteiger partial charge in [-0.1, -0.05) is 32.9 Å². The normalized spacial score (nSPS) is 12.7. The molecule has 0 aliphatic carbocycles. The van der Waals surface area contributed by atoms with Gasteiger partial charge in [-0.05, 0) is 37.0 Å². The SMILES string of the molecule is Cc1nc(N)nc(C(C)Oc2ccc(C(C)(C)C)cc2)c1C(=O)O. The average molecular weight is 329 g/mol. The second-order valence-electron chi connectivity index (χ2n) is 6.77. The van der Waals surface area contributed by atoms with Gasteiger partial charge in [-0.15, -0.1) is 0 Å². The van der Waals surface area contributed by atoms with Crippen molar-refractivity contribution in [2.75, 3.05) is 5.73 Å². The van der Waals surface area contributed by atoms with Crippen molar-refractivity contribution in [2.24, 2.45) is 0 Å². The topological polar surface area (TPSA) is 98.3 Å². The lowest BCUT2D eigenvalue weighted by atomic mass is 9.87. The molecule has 1 aromatic carbocycles. The Labute approximate surface area is 141 Å². The fourth-order valence-electron chi connectivity index (χ4n) is 2.47. The lowest BCUT2D eigenvalue weighted by Crippen LogP contribution is -2.17. The molecule has 6 heteroatoms. The largest absolute Gasteiger partial charge is 0.484 e. The Morgan fingerprint density at radius 3 is 2.29 bits per heavy atom. The molecule has 6 nitrogen and oxygen atoms in total. The van der Waals surface area contributed by atoms with Gasteiger partial charge in [0.25, 0.3) is 0 Å². The third-order valence-electron chi connectivity index (χ3n) is 3.77. The number of nitrogens with zero attached hydrogens (tertiary/aromatic N) is 2. The maximum absolute atomic E-state index is 11.5. The van der Waals surface area contributed by atoms with Crippen LogP contribution in [0.5, 0.6) is 5.75 Å². The summed E-state index contributed by atoms with van der Waals surface area (Å²) in [6.45, 7) is 9.74. The molecule has 0 bridgehead atoms. The van der Waals surface area contributed by atoms with E-state index in [9.17, 15) is 9.90 Å². The molecule has 0 amide bonds. The molecule has 1 unspecified atom stereocenters. The van der Waals surface area contributed by atoms with E-state index >= 15 is 0 Å². The molecule has 0 saturated heterocycles. The van der Waals surface area contributed by atoms with E-state index in [0.717, 1.165) is 0 Å². The van der Waals surface area contributed by atoms with Crippen LogP contribution in [0, 0.1) is 6.92 Å². The summed E-state index contributed by atoms with van der Waals surface area (Å²) in [6, 6.07) is 7.74. The monoisotopic (exact) mass is 329 g/mol. The molecule has 3 N–H and O–H groups in total. The van der Waals surface area contributed by atoms with Crippen molar-refractivity contribution in [2.45, 2.75) is 46.1 Å². The Bertz CT molecular complexity index is 749. The number of rotatable bonds is 4. The number of ether oxygens (including phenoxy) is 1. The summed E-state index contributed by atoms with van der Waals surface area (Å²) in [5.74, 6) is -0.422. The van der Waals surface area contributed by atoms with Gasteiger partial charge in [0.05, 0.1) is 5.69 Å². The number of nitrogens with two attached hydrogens (primary N) is 1. The number of hydrogen-bond donors (Lipinski definition) is 2. The van der Waals surface area contributed by atoms with E-state index in [0.29, 0.717) is 11.4 Å². The van der Waals surface area contributed by atoms with Crippen molar-refractivity contribution in [3.05, 3.63) is 46.8 Å². The number of aryl methyl sites for hydroxylation is 1. The van der Waals surface area contributed by atoms with Crippen molar-refractivity contribution in [3.8, 4) is 5.75 Å². The van der Waals surface area contributed by atoms with Crippen LogP contribution in [0.1, 0.15) is 61.1 Å². The molecule has 24 heavy (non-hydrogen) atoms. The fourth-order valence-corrected chi connectivity index (χ4v) is 2.47. The quantitative estimate of drug-likeness (QED) is 0.890. The van der Waals surface area contributed by atoms with Crippen LogP contribution in [0.2, 0.25) is 0 Å². The van der Waals surface area contributed by atoms with E-state index in [1.807, 2.05) is 24.3 Å². The Balaban J connectivity index is 2.30. The van der Waals surface area contributed by atoms with Crippen LogP contribution < -0.4 is 10.5 Å². The van der Waals surface area contributed by atoms with Gasteiger partial charge < -0.3 is 15.6 Å². The van der Waals surface area contributed by atoms with Gasteiger partial charge in [-0.3, -0.25) is 0 Å². The maximum Gasteiger partial charge on any atom is 0.339 e. The molecule has 0 spiro atoms. The molecule has 2 aromatic rings. The van der Waals surface area contributed by atoms with Gasteiger partial charge in [0, 0.05) is 0 Å². The minimum absolute atomic E-state index is 0.0306. The van der Waals surface area contributed by atoms with Gasteiger partial charge in [0.2, 0.25) is 5.95 Å². The standard InChI is InChI=1S/C18H23N3O3/c1-10-14(16(22)23)15(21-17(19)20-10)11(2)24-13-8-6-12(7-9-13)18(3,4)5/h6-9,11H,1-5H3,(H,22,23)(H2,19,20,21). The predicted molar refractivity (Wildman–Crippen MR) is 92.3 cm³/mol. The Kier molecular flexibility index (Phi) is 4.78. The molecule has 0 saturated carbocycles. The van der Waals surface area contributed by atoms with Gasteiger partial charge in [-0.2, -0.15) is 0 Å². The number of aromatic nitrogens is 2. The molecular weight excluding hydrogens is 306 g/mol. The van der Waals surface area contributed by atoms with Gasteiger partial charge in [0.1, 0.15) is 23.1 Å². The highest BCUT2D eigenvalue weighted by atomic mass is 16.5. The molecule has 0 radical (unpaired) electrons.